The van der Waals surface area contributed by atoms with Crippen molar-refractivity contribution in [3.63, 3.8) is 0 Å². The summed E-state index contributed by atoms with van der Waals surface area (Å²) in [6.07, 6.45) is 0.623. The van der Waals surface area contributed by atoms with Crippen molar-refractivity contribution in [1.29, 1.82) is 0 Å². The Morgan fingerprint density at radius 3 is 2.29 bits per heavy atom. The van der Waals surface area contributed by atoms with Gasteiger partial charge in [0, 0.05) is 6.54 Å². The van der Waals surface area contributed by atoms with Crippen LogP contribution in [-0.4, -0.2) is 24.9 Å². The number of benzene rings is 2. The van der Waals surface area contributed by atoms with E-state index in [0.29, 0.717) is 19.0 Å². The molecular formula is C17H15F3N2O2. The number of carbonyl (C=O) groups is 2. The molecule has 2 rings (SSSR count). The third kappa shape index (κ3) is 4.58. The second-order valence-corrected chi connectivity index (χ2v) is 4.99. The first-order chi connectivity index (χ1) is 11.5. The molecular weight excluding hydrogens is 321 g/mol. The minimum absolute atomic E-state index is 0.373. The van der Waals surface area contributed by atoms with Gasteiger partial charge in [0.1, 0.15) is 0 Å². The highest BCUT2D eigenvalue weighted by Gasteiger charge is 2.19. The molecule has 0 heterocycles. The van der Waals surface area contributed by atoms with Gasteiger partial charge in [0.2, 0.25) is 5.91 Å². The zero-order valence-electron chi connectivity index (χ0n) is 12.6. The molecule has 0 aliphatic heterocycles. The second kappa shape index (κ2) is 8.14. The maximum Gasteiger partial charge on any atom is 0.254 e. The highest BCUT2D eigenvalue weighted by atomic mass is 19.2. The van der Waals surface area contributed by atoms with Crippen molar-refractivity contribution in [2.24, 2.45) is 0 Å². The van der Waals surface area contributed by atoms with Crippen LogP contribution in [-0.2, 0) is 11.2 Å². The first-order valence-electron chi connectivity index (χ1n) is 7.21. The number of nitrogens with one attached hydrogen (secondary N) is 2. The van der Waals surface area contributed by atoms with Crippen LogP contribution in [0.4, 0.5) is 13.2 Å². The molecule has 2 aromatic carbocycles. The highest BCUT2D eigenvalue weighted by Crippen LogP contribution is 2.14. The van der Waals surface area contributed by atoms with Crippen molar-refractivity contribution in [1.82, 2.24) is 10.6 Å². The maximum atomic E-state index is 13.5. The minimum atomic E-state index is -1.73. The van der Waals surface area contributed by atoms with Gasteiger partial charge in [-0.25, -0.2) is 13.2 Å². The zero-order valence-corrected chi connectivity index (χ0v) is 12.6. The molecule has 2 N–H and O–H groups in total. The van der Waals surface area contributed by atoms with E-state index in [-0.39, 0.29) is 0 Å². The SMILES string of the molecule is O=C(CNC(=O)c1ccc(F)c(F)c1F)NCCc1ccccc1. The Balaban J connectivity index is 1.79. The Morgan fingerprint density at radius 1 is 0.875 bits per heavy atom. The molecule has 0 bridgehead atoms. The lowest BCUT2D eigenvalue weighted by Crippen LogP contribution is -2.38. The van der Waals surface area contributed by atoms with E-state index in [4.69, 9.17) is 0 Å². The van der Waals surface area contributed by atoms with E-state index >= 15 is 0 Å². The molecule has 0 aromatic heterocycles. The molecule has 0 unspecified atom stereocenters. The van der Waals surface area contributed by atoms with Gasteiger partial charge >= 0.3 is 0 Å². The highest BCUT2D eigenvalue weighted by molar-refractivity contribution is 5.96. The molecule has 0 saturated heterocycles. The summed E-state index contributed by atoms with van der Waals surface area (Å²) in [5.41, 5.74) is 0.386. The number of rotatable bonds is 6. The fourth-order valence-electron chi connectivity index (χ4n) is 2.01. The molecule has 0 fully saturated rings. The van der Waals surface area contributed by atoms with Crippen LogP contribution in [0.15, 0.2) is 42.5 Å². The lowest BCUT2D eigenvalue weighted by atomic mass is 10.1. The van der Waals surface area contributed by atoms with Crippen LogP contribution in [0.1, 0.15) is 15.9 Å². The van der Waals surface area contributed by atoms with Crippen LogP contribution >= 0.6 is 0 Å². The molecule has 2 amide bonds. The molecule has 7 heteroatoms. The summed E-state index contributed by atoms with van der Waals surface area (Å²) < 4.78 is 39.3. The summed E-state index contributed by atoms with van der Waals surface area (Å²) in [5, 5.41) is 4.75. The quantitative estimate of drug-likeness (QED) is 0.795. The fraction of sp³-hybridized carbons (Fsp3) is 0.176. The van der Waals surface area contributed by atoms with E-state index in [0.717, 1.165) is 11.6 Å². The molecule has 4 nitrogen and oxygen atoms in total. The molecule has 2 aromatic rings. The minimum Gasteiger partial charge on any atom is -0.354 e. The van der Waals surface area contributed by atoms with E-state index in [9.17, 15) is 22.8 Å². The second-order valence-electron chi connectivity index (χ2n) is 4.99. The lowest BCUT2D eigenvalue weighted by Gasteiger charge is -2.08. The van der Waals surface area contributed by atoms with Gasteiger partial charge in [-0.1, -0.05) is 30.3 Å². The number of hydrogen-bond donors (Lipinski definition) is 2. The third-order valence-electron chi connectivity index (χ3n) is 3.27. The summed E-state index contributed by atoms with van der Waals surface area (Å²) in [5.74, 6) is -6.17. The molecule has 126 valence electrons. The average Bonchev–Trinajstić information content (AvgIpc) is 2.59. The molecule has 0 saturated carbocycles. The van der Waals surface area contributed by atoms with Crippen LogP contribution in [0.3, 0.4) is 0 Å². The van der Waals surface area contributed by atoms with Gasteiger partial charge in [-0.15, -0.1) is 0 Å². The van der Waals surface area contributed by atoms with Crippen LogP contribution < -0.4 is 10.6 Å². The standard InChI is InChI=1S/C17H15F3N2O2/c18-13-7-6-12(15(19)16(13)20)17(24)22-10-14(23)21-9-8-11-4-2-1-3-5-11/h1-7H,8-10H2,(H,21,23)(H,22,24). The Morgan fingerprint density at radius 2 is 1.58 bits per heavy atom. The summed E-state index contributed by atoms with van der Waals surface area (Å²) in [6, 6.07) is 10.9. The normalized spacial score (nSPS) is 10.3. The fourth-order valence-corrected chi connectivity index (χ4v) is 2.01. The first-order valence-corrected chi connectivity index (χ1v) is 7.21. The van der Waals surface area contributed by atoms with Crippen LogP contribution in [0, 0.1) is 17.5 Å². The van der Waals surface area contributed by atoms with Gasteiger partial charge in [-0.2, -0.15) is 0 Å². The van der Waals surface area contributed by atoms with Gasteiger partial charge in [0.05, 0.1) is 12.1 Å². The predicted molar refractivity (Wildman–Crippen MR) is 81.8 cm³/mol. The van der Waals surface area contributed by atoms with E-state index in [2.05, 4.69) is 10.6 Å². The average molecular weight is 336 g/mol. The van der Waals surface area contributed by atoms with E-state index in [1.165, 1.54) is 0 Å². The molecule has 0 aliphatic carbocycles. The van der Waals surface area contributed by atoms with E-state index in [1.54, 1.807) is 0 Å². The van der Waals surface area contributed by atoms with Crippen molar-refractivity contribution in [2.45, 2.75) is 6.42 Å². The number of halogens is 3. The van der Waals surface area contributed by atoms with E-state index < -0.39 is 41.4 Å². The van der Waals surface area contributed by atoms with Crippen LogP contribution in [0.25, 0.3) is 0 Å². The van der Waals surface area contributed by atoms with Crippen LogP contribution in [0.5, 0.6) is 0 Å². The van der Waals surface area contributed by atoms with Crippen molar-refractivity contribution >= 4 is 11.8 Å². The summed E-state index contributed by atoms with van der Waals surface area (Å²) in [7, 11) is 0. The summed E-state index contributed by atoms with van der Waals surface area (Å²) in [4.78, 5) is 23.3. The van der Waals surface area contributed by atoms with Gasteiger partial charge in [-0.05, 0) is 24.1 Å². The Hall–Kier alpha value is -2.83. The van der Waals surface area contributed by atoms with Gasteiger partial charge in [-0.3, -0.25) is 9.59 Å². The lowest BCUT2D eigenvalue weighted by molar-refractivity contribution is -0.120. The Labute approximate surface area is 136 Å². The largest absolute Gasteiger partial charge is 0.354 e. The predicted octanol–water partition coefficient (Wildman–Crippen LogP) is 2.19. The summed E-state index contributed by atoms with van der Waals surface area (Å²) in [6.45, 7) is -0.0235. The van der Waals surface area contributed by atoms with Crippen LogP contribution in [0.2, 0.25) is 0 Å². The number of amides is 2. The van der Waals surface area contributed by atoms with Gasteiger partial charge in [0.15, 0.2) is 17.5 Å². The molecule has 24 heavy (non-hydrogen) atoms. The topological polar surface area (TPSA) is 58.2 Å². The van der Waals surface area contributed by atoms with Crippen molar-refractivity contribution in [3.05, 3.63) is 71.0 Å². The smallest absolute Gasteiger partial charge is 0.254 e. The van der Waals surface area contributed by atoms with Gasteiger partial charge in [0.25, 0.3) is 5.91 Å². The number of carbonyl (C=O) groups excluding carboxylic acids is 2. The molecule has 0 atom stereocenters. The van der Waals surface area contributed by atoms with E-state index in [1.807, 2.05) is 30.3 Å². The monoisotopic (exact) mass is 336 g/mol. The number of hydrogen-bond acceptors (Lipinski definition) is 2. The Kier molecular flexibility index (Phi) is 5.95. The maximum absolute atomic E-state index is 13.5. The van der Waals surface area contributed by atoms with Crippen molar-refractivity contribution < 1.29 is 22.8 Å². The van der Waals surface area contributed by atoms with Crippen molar-refractivity contribution in [2.75, 3.05) is 13.1 Å². The zero-order chi connectivity index (χ0) is 17.5. The summed E-state index contributed by atoms with van der Waals surface area (Å²) >= 11 is 0. The van der Waals surface area contributed by atoms with Crippen molar-refractivity contribution in [3.8, 4) is 0 Å². The first kappa shape index (κ1) is 17.5. The molecule has 0 radical (unpaired) electrons. The molecule has 0 spiro atoms. The third-order valence-corrected chi connectivity index (χ3v) is 3.27. The van der Waals surface area contributed by atoms with Gasteiger partial charge < -0.3 is 10.6 Å². The molecule has 0 aliphatic rings. The Bertz CT molecular complexity index is 736.